The number of aliphatic hydroxyl groups excluding tert-OH is 1. The third-order valence-corrected chi connectivity index (χ3v) is 2.45. The Morgan fingerprint density at radius 1 is 1.38 bits per heavy atom. The highest BCUT2D eigenvalue weighted by atomic mass is 16.3. The number of nitrogens with two attached hydrogens (primary N) is 1. The van der Waals surface area contributed by atoms with Gasteiger partial charge in [0.25, 0.3) is 0 Å². The van der Waals surface area contributed by atoms with Gasteiger partial charge in [0, 0.05) is 0 Å². The fourth-order valence-electron chi connectivity index (χ4n) is 1.45. The Morgan fingerprint density at radius 3 is 2.69 bits per heavy atom. The van der Waals surface area contributed by atoms with Crippen LogP contribution in [-0.2, 0) is 0 Å². The topological polar surface area (TPSA) is 46.2 Å². The van der Waals surface area contributed by atoms with Crippen LogP contribution in [0.3, 0.4) is 0 Å². The minimum atomic E-state index is -0.412. The van der Waals surface area contributed by atoms with Crippen molar-refractivity contribution in [3.63, 3.8) is 0 Å². The smallest absolute Gasteiger partial charge is 0.0804 e. The van der Waals surface area contributed by atoms with E-state index >= 15 is 0 Å². The minimum Gasteiger partial charge on any atom is -0.388 e. The molecule has 2 heteroatoms. The maximum Gasteiger partial charge on any atom is 0.0804 e. The number of rotatable bonds is 3. The number of aryl methyl sites for hydroxylation is 1. The molecule has 0 heterocycles. The molecule has 1 rings (SSSR count). The van der Waals surface area contributed by atoms with Crippen molar-refractivity contribution in [3.8, 4) is 0 Å². The Hall–Kier alpha value is -0.860. The summed E-state index contributed by atoms with van der Waals surface area (Å²) < 4.78 is 0. The molecule has 72 valence electrons. The van der Waals surface area contributed by atoms with Gasteiger partial charge < -0.3 is 10.8 Å². The zero-order valence-electron chi connectivity index (χ0n) is 8.25. The summed E-state index contributed by atoms with van der Waals surface area (Å²) in [4.78, 5) is 0. The molecule has 0 aliphatic rings. The first-order valence-corrected chi connectivity index (χ1v) is 4.61. The molecule has 0 amide bonds. The molecule has 0 saturated heterocycles. The number of aliphatic hydroxyl groups is 1. The third kappa shape index (κ3) is 2.29. The van der Waals surface area contributed by atoms with Crippen molar-refractivity contribution in [2.45, 2.75) is 26.4 Å². The van der Waals surface area contributed by atoms with Crippen LogP contribution in [0.4, 0.5) is 0 Å². The lowest BCUT2D eigenvalue weighted by Gasteiger charge is -2.14. The summed E-state index contributed by atoms with van der Waals surface area (Å²) in [5.41, 5.74) is 8.79. The molecule has 0 bridgehead atoms. The predicted molar refractivity (Wildman–Crippen MR) is 54.5 cm³/mol. The zero-order valence-corrected chi connectivity index (χ0v) is 8.25. The fourth-order valence-corrected chi connectivity index (χ4v) is 1.45. The van der Waals surface area contributed by atoms with E-state index in [4.69, 9.17) is 5.73 Å². The molecule has 0 saturated carbocycles. The molecule has 1 atom stereocenters. The molecule has 0 fully saturated rings. The van der Waals surface area contributed by atoms with Gasteiger partial charge >= 0.3 is 0 Å². The summed E-state index contributed by atoms with van der Waals surface area (Å²) in [6.07, 6.45) is 0.217. The highest BCUT2D eigenvalue weighted by Crippen LogP contribution is 2.21. The van der Waals surface area contributed by atoms with Crippen LogP contribution in [0.2, 0.25) is 0 Å². The van der Waals surface area contributed by atoms with Gasteiger partial charge in [-0.05, 0) is 43.5 Å². The van der Waals surface area contributed by atoms with Gasteiger partial charge in [0.1, 0.15) is 0 Å². The van der Waals surface area contributed by atoms with E-state index in [0.717, 1.165) is 5.56 Å². The van der Waals surface area contributed by atoms with E-state index in [1.807, 2.05) is 32.0 Å². The maximum atomic E-state index is 9.75. The highest BCUT2D eigenvalue weighted by Gasteiger charge is 2.09. The third-order valence-electron chi connectivity index (χ3n) is 2.45. The van der Waals surface area contributed by atoms with Crippen molar-refractivity contribution in [2.24, 2.45) is 5.73 Å². The molecule has 0 aliphatic heterocycles. The first-order chi connectivity index (χ1) is 6.16. The Balaban J connectivity index is 2.93. The summed E-state index contributed by atoms with van der Waals surface area (Å²) in [5.74, 6) is 0. The highest BCUT2D eigenvalue weighted by molar-refractivity contribution is 5.34. The Morgan fingerprint density at radius 2 is 2.08 bits per heavy atom. The zero-order chi connectivity index (χ0) is 9.84. The van der Waals surface area contributed by atoms with E-state index < -0.39 is 6.10 Å². The molecule has 13 heavy (non-hydrogen) atoms. The molecule has 0 aliphatic carbocycles. The van der Waals surface area contributed by atoms with Gasteiger partial charge in [-0.1, -0.05) is 18.2 Å². The van der Waals surface area contributed by atoms with Crippen LogP contribution in [0, 0.1) is 13.8 Å². The van der Waals surface area contributed by atoms with Gasteiger partial charge in [-0.2, -0.15) is 0 Å². The lowest BCUT2D eigenvalue weighted by molar-refractivity contribution is 0.169. The van der Waals surface area contributed by atoms with Crippen LogP contribution < -0.4 is 5.73 Å². The molecular formula is C11H17NO. The minimum absolute atomic E-state index is 0.412. The Bertz CT molecular complexity index is 283. The van der Waals surface area contributed by atoms with E-state index in [-0.39, 0.29) is 0 Å². The molecule has 1 aromatic carbocycles. The van der Waals surface area contributed by atoms with Crippen molar-refractivity contribution in [1.29, 1.82) is 0 Å². The average Bonchev–Trinajstić information content (AvgIpc) is 2.10. The van der Waals surface area contributed by atoms with Crippen molar-refractivity contribution in [3.05, 3.63) is 34.9 Å². The van der Waals surface area contributed by atoms with Gasteiger partial charge in [0.05, 0.1) is 6.10 Å². The van der Waals surface area contributed by atoms with Gasteiger partial charge in [0.2, 0.25) is 0 Å². The summed E-state index contributed by atoms with van der Waals surface area (Å²) in [6.45, 7) is 4.60. The summed E-state index contributed by atoms with van der Waals surface area (Å²) >= 11 is 0. The monoisotopic (exact) mass is 179 g/mol. The summed E-state index contributed by atoms with van der Waals surface area (Å²) in [5, 5.41) is 9.75. The van der Waals surface area contributed by atoms with Crippen LogP contribution >= 0.6 is 0 Å². The first kappa shape index (κ1) is 10.2. The van der Waals surface area contributed by atoms with E-state index in [9.17, 15) is 5.11 Å². The standard InChI is InChI=1S/C11H17NO/c1-8-4-3-5-10(9(8)2)11(13)6-7-12/h3-5,11,13H,6-7,12H2,1-2H3. The lowest BCUT2D eigenvalue weighted by Crippen LogP contribution is -2.08. The molecule has 0 spiro atoms. The second-order valence-corrected chi connectivity index (χ2v) is 3.38. The number of benzene rings is 1. The quantitative estimate of drug-likeness (QED) is 0.741. The van der Waals surface area contributed by atoms with E-state index in [1.165, 1.54) is 11.1 Å². The largest absolute Gasteiger partial charge is 0.388 e. The van der Waals surface area contributed by atoms with Crippen LogP contribution in [-0.4, -0.2) is 11.7 Å². The average molecular weight is 179 g/mol. The van der Waals surface area contributed by atoms with Crippen LogP contribution in [0.1, 0.15) is 29.2 Å². The fraction of sp³-hybridized carbons (Fsp3) is 0.455. The molecule has 1 aromatic rings. The first-order valence-electron chi connectivity index (χ1n) is 4.61. The van der Waals surface area contributed by atoms with Crippen LogP contribution in [0.15, 0.2) is 18.2 Å². The summed E-state index contributed by atoms with van der Waals surface area (Å²) in [7, 11) is 0. The van der Waals surface area contributed by atoms with Gasteiger partial charge in [0.15, 0.2) is 0 Å². The Kier molecular flexibility index (Phi) is 3.46. The van der Waals surface area contributed by atoms with E-state index in [0.29, 0.717) is 13.0 Å². The molecule has 1 unspecified atom stereocenters. The van der Waals surface area contributed by atoms with E-state index in [1.54, 1.807) is 0 Å². The van der Waals surface area contributed by atoms with E-state index in [2.05, 4.69) is 0 Å². The van der Waals surface area contributed by atoms with Crippen LogP contribution in [0.25, 0.3) is 0 Å². The molecule has 3 N–H and O–H groups in total. The second kappa shape index (κ2) is 4.40. The predicted octanol–water partition coefficient (Wildman–Crippen LogP) is 1.69. The molecular weight excluding hydrogens is 162 g/mol. The van der Waals surface area contributed by atoms with Gasteiger partial charge in [-0.3, -0.25) is 0 Å². The van der Waals surface area contributed by atoms with Crippen molar-refractivity contribution in [1.82, 2.24) is 0 Å². The number of hydrogen-bond acceptors (Lipinski definition) is 2. The van der Waals surface area contributed by atoms with Crippen molar-refractivity contribution < 1.29 is 5.11 Å². The van der Waals surface area contributed by atoms with Gasteiger partial charge in [-0.15, -0.1) is 0 Å². The summed E-state index contributed by atoms with van der Waals surface area (Å²) in [6, 6.07) is 5.98. The number of hydrogen-bond donors (Lipinski definition) is 2. The molecule has 2 nitrogen and oxygen atoms in total. The van der Waals surface area contributed by atoms with Crippen molar-refractivity contribution >= 4 is 0 Å². The van der Waals surface area contributed by atoms with Crippen molar-refractivity contribution in [2.75, 3.05) is 6.54 Å². The second-order valence-electron chi connectivity index (χ2n) is 3.38. The molecule has 0 radical (unpaired) electrons. The SMILES string of the molecule is Cc1cccc(C(O)CCN)c1C. The normalized spacial score (nSPS) is 12.9. The maximum absolute atomic E-state index is 9.75. The van der Waals surface area contributed by atoms with Crippen LogP contribution in [0.5, 0.6) is 0 Å². The Labute approximate surface area is 79.4 Å². The lowest BCUT2D eigenvalue weighted by atomic mass is 9.98. The van der Waals surface area contributed by atoms with Gasteiger partial charge in [-0.25, -0.2) is 0 Å². The molecule has 0 aromatic heterocycles.